The van der Waals surface area contributed by atoms with Crippen molar-refractivity contribution in [3.63, 3.8) is 0 Å². The summed E-state index contributed by atoms with van der Waals surface area (Å²) in [5, 5.41) is 11.4. The summed E-state index contributed by atoms with van der Waals surface area (Å²) in [7, 11) is 6.41. The third-order valence-electron chi connectivity index (χ3n) is 24.2. The number of hydrogen-bond acceptors (Lipinski definition) is 9. The summed E-state index contributed by atoms with van der Waals surface area (Å²) in [5.74, 6) is 2.96. The number of halogens is 3. The number of nitrogens with one attached hydrogen (secondary N) is 3. The maximum absolute atomic E-state index is 13.3. The van der Waals surface area contributed by atoms with E-state index in [9.17, 15) is 41.9 Å². The van der Waals surface area contributed by atoms with E-state index in [0.29, 0.717) is 93.0 Å². The Morgan fingerprint density at radius 2 is 0.657 bits per heavy atom. The fourth-order valence-electron chi connectivity index (χ4n) is 18.6. The fourth-order valence-corrected chi connectivity index (χ4v) is 18.6. The Kier molecular flexibility index (Phi) is 22.5. The van der Waals surface area contributed by atoms with Crippen LogP contribution in [0.5, 0.6) is 0 Å². The zero-order valence-electron chi connectivity index (χ0n) is 58.3. The Morgan fingerprint density at radius 3 is 0.919 bits per heavy atom. The van der Waals surface area contributed by atoms with Crippen LogP contribution in [0.1, 0.15) is 142 Å². The van der Waals surface area contributed by atoms with E-state index in [0.717, 1.165) is 134 Å². The Balaban J connectivity index is 0.000000133. The van der Waals surface area contributed by atoms with E-state index in [1.54, 1.807) is 14.7 Å². The van der Waals surface area contributed by atoms with Crippen LogP contribution in [0.25, 0.3) is 32.7 Å². The first kappa shape index (κ1) is 70.2. The molecule has 18 nitrogen and oxygen atoms in total. The maximum Gasteiger partial charge on any atom is 0.253 e. The van der Waals surface area contributed by atoms with Gasteiger partial charge in [-0.25, -0.2) is 13.2 Å². The van der Waals surface area contributed by atoms with E-state index in [-0.39, 0.29) is 72.8 Å². The van der Waals surface area contributed by atoms with Gasteiger partial charge in [-0.3, -0.25) is 28.8 Å². The van der Waals surface area contributed by atoms with Crippen LogP contribution < -0.4 is 16.0 Å². The molecular weight excluding hydrogens is 1260 g/mol. The number of carbonyl (C=O) groups is 6. The largest absolute Gasteiger partial charge is 0.381 e. The second kappa shape index (κ2) is 31.8. The van der Waals surface area contributed by atoms with E-state index >= 15 is 0 Å². The van der Waals surface area contributed by atoms with Crippen LogP contribution in [-0.4, -0.2) is 182 Å². The fraction of sp³-hybridized carbons (Fsp3) is 0.615. The van der Waals surface area contributed by atoms with Gasteiger partial charge >= 0.3 is 0 Å². The summed E-state index contributed by atoms with van der Waals surface area (Å²) in [6.45, 7) is 6.54. The lowest BCUT2D eigenvalue weighted by molar-refractivity contribution is -0.125. The van der Waals surface area contributed by atoms with Gasteiger partial charge in [-0.05, 0) is 222 Å². The summed E-state index contributed by atoms with van der Waals surface area (Å²) in [5.41, 5.74) is 14.1. The molecule has 3 aromatic carbocycles. The summed E-state index contributed by atoms with van der Waals surface area (Å²) in [4.78, 5) is 81.7. The molecule has 0 bridgehead atoms. The highest BCUT2D eigenvalue weighted by atomic mass is 19.1. The number of ether oxygens (including phenoxy) is 3. The molecule has 6 aromatic rings. The molecule has 15 rings (SSSR count). The molecule has 0 saturated carbocycles. The predicted molar refractivity (Wildman–Crippen MR) is 375 cm³/mol. The molecule has 3 N–H and O–H groups in total. The number of amides is 6. The van der Waals surface area contributed by atoms with Crippen molar-refractivity contribution in [2.45, 2.75) is 116 Å². The number of aryl methyl sites for hydroxylation is 3. The van der Waals surface area contributed by atoms with Gasteiger partial charge in [0.15, 0.2) is 0 Å². The van der Waals surface area contributed by atoms with Crippen molar-refractivity contribution in [2.75, 3.05) is 119 Å². The van der Waals surface area contributed by atoms with Crippen LogP contribution in [0.15, 0.2) is 54.6 Å². The number of carbonyl (C=O) groups excluding carboxylic acids is 6. The number of fused-ring (bicyclic) bond motifs is 9. The number of nitrogens with zero attached hydrogens (tertiary/aromatic N) is 6. The molecule has 99 heavy (non-hydrogen) atoms. The van der Waals surface area contributed by atoms with E-state index < -0.39 is 20.0 Å². The molecule has 9 aliphatic rings. The third kappa shape index (κ3) is 15.1. The van der Waals surface area contributed by atoms with Crippen molar-refractivity contribution in [1.82, 2.24) is 44.4 Å². The molecule has 6 atom stereocenters. The lowest BCUT2D eigenvalue weighted by Crippen LogP contribution is -2.35. The minimum Gasteiger partial charge on any atom is -0.381 e. The van der Waals surface area contributed by atoms with Crippen LogP contribution in [0.2, 0.25) is 0 Å². The number of aromatic nitrogens is 3. The number of alkyl halides is 3. The first-order chi connectivity index (χ1) is 48.2. The predicted octanol–water partition coefficient (Wildman–Crippen LogP) is 9.77. The lowest BCUT2D eigenvalue weighted by Gasteiger charge is -2.33. The average molecular weight is 1370 g/mol. The number of benzene rings is 3. The van der Waals surface area contributed by atoms with Crippen molar-refractivity contribution in [2.24, 2.45) is 74.4 Å². The normalized spacial score (nSPS) is 23.6. The zero-order valence-corrected chi connectivity index (χ0v) is 58.3. The Labute approximate surface area is 579 Å². The molecule has 3 unspecified atom stereocenters. The summed E-state index contributed by atoms with van der Waals surface area (Å²) in [6.07, 6.45) is 19.0. The summed E-state index contributed by atoms with van der Waals surface area (Å²) < 4.78 is 60.7. The molecule has 0 spiro atoms. The van der Waals surface area contributed by atoms with Gasteiger partial charge in [0, 0.05) is 186 Å². The smallest absolute Gasteiger partial charge is 0.253 e. The molecule has 9 heterocycles. The van der Waals surface area contributed by atoms with Gasteiger partial charge in [0.2, 0.25) is 17.7 Å². The zero-order chi connectivity index (χ0) is 68.8. The monoisotopic (exact) mass is 1370 g/mol. The van der Waals surface area contributed by atoms with Gasteiger partial charge in [-0.15, -0.1) is 0 Å². The van der Waals surface area contributed by atoms with Crippen molar-refractivity contribution >= 4 is 68.2 Å². The van der Waals surface area contributed by atoms with Gasteiger partial charge in [-0.2, -0.15) is 0 Å². The van der Waals surface area contributed by atoms with Gasteiger partial charge < -0.3 is 58.6 Å². The second-order valence-corrected chi connectivity index (χ2v) is 29.7. The van der Waals surface area contributed by atoms with Crippen LogP contribution >= 0.6 is 0 Å². The molecule has 6 saturated heterocycles. The van der Waals surface area contributed by atoms with Crippen LogP contribution in [0.4, 0.5) is 13.2 Å². The van der Waals surface area contributed by atoms with Gasteiger partial charge in [0.25, 0.3) is 17.7 Å². The molecule has 21 heteroatoms. The topological polar surface area (TPSA) is 191 Å². The second-order valence-electron chi connectivity index (χ2n) is 29.7. The molecule has 534 valence electrons. The van der Waals surface area contributed by atoms with Crippen molar-refractivity contribution in [3.05, 3.63) is 105 Å². The first-order valence-corrected chi connectivity index (χ1v) is 37.1. The molecule has 3 aromatic heterocycles. The van der Waals surface area contributed by atoms with E-state index in [2.05, 4.69) is 87.2 Å². The molecule has 3 aliphatic carbocycles. The number of rotatable bonds is 15. The van der Waals surface area contributed by atoms with E-state index in [1.807, 2.05) is 18.2 Å². The Morgan fingerprint density at radius 1 is 0.384 bits per heavy atom. The number of hydrogen-bond donors (Lipinski definition) is 3. The Bertz CT molecular complexity index is 3520. The highest BCUT2D eigenvalue weighted by Gasteiger charge is 2.38. The summed E-state index contributed by atoms with van der Waals surface area (Å²) >= 11 is 0. The average Bonchev–Trinajstić information content (AvgIpc) is 1.62. The highest BCUT2D eigenvalue weighted by molar-refractivity contribution is 6.02. The maximum atomic E-state index is 13.3. The van der Waals surface area contributed by atoms with Crippen molar-refractivity contribution < 1.29 is 56.1 Å². The lowest BCUT2D eigenvalue weighted by atomic mass is 9.75. The SMILES string of the molecule is Cn1c2c(c3cc(C(=O)N4CC[C@H](C(=O)NCCF)C4)ccc31)CC(C1CCOCC1)CC2.Cn1c2c(c3cc(C(=O)N4CC[C@H](C(=O)NCCF)C4)ccc31)CC(C1CCOCC1)CC2.Cn1c2c(c3cc(C(=O)N4CC[C@H](C(=O)NCCF)C4)ccc31)CC(C1CCOCC1)CC2. The van der Waals surface area contributed by atoms with Gasteiger partial charge in [0.05, 0.1) is 17.8 Å². The van der Waals surface area contributed by atoms with E-state index in [1.165, 1.54) is 85.7 Å². The van der Waals surface area contributed by atoms with Crippen LogP contribution in [0, 0.1) is 53.3 Å². The van der Waals surface area contributed by atoms with Gasteiger partial charge in [0.1, 0.15) is 20.0 Å². The molecule has 6 aliphatic heterocycles. The highest BCUT2D eigenvalue weighted by Crippen LogP contribution is 2.43. The van der Waals surface area contributed by atoms with Crippen LogP contribution in [0.3, 0.4) is 0 Å². The van der Waals surface area contributed by atoms with Crippen molar-refractivity contribution in [1.29, 1.82) is 0 Å². The molecule has 6 fully saturated rings. The third-order valence-corrected chi connectivity index (χ3v) is 24.2. The number of likely N-dealkylation sites (tertiary alicyclic amines) is 3. The quantitative estimate of drug-likeness (QED) is 0.0899. The van der Waals surface area contributed by atoms with Gasteiger partial charge in [-0.1, -0.05) is 0 Å². The Hall–Kier alpha value is -7.23. The molecule has 6 amide bonds. The molecular formula is C78H102F3N9O9. The summed E-state index contributed by atoms with van der Waals surface area (Å²) in [6, 6.07) is 18.2. The van der Waals surface area contributed by atoms with E-state index in [4.69, 9.17) is 14.2 Å². The van der Waals surface area contributed by atoms with Crippen LogP contribution in [-0.2, 0) is 88.3 Å². The minimum absolute atomic E-state index is 0.0212. The molecule has 0 radical (unpaired) electrons. The first-order valence-electron chi connectivity index (χ1n) is 37.1. The van der Waals surface area contributed by atoms with Crippen molar-refractivity contribution in [3.8, 4) is 0 Å². The minimum atomic E-state index is -0.572. The standard InChI is InChI=1S/3C26H34FN3O3/c3*1-29-23-4-2-18(17-7-12-33-13-8-17)14-21(23)22-15-19(3-5-24(22)29)26(32)30-11-6-20(16-30)25(31)28-10-9-27/h3*3,5,15,17-18,20H,2,4,6-14,16H2,1H3,(H,28,31)/t3*18?,20-/m000/s1.